The Morgan fingerprint density at radius 2 is 2.09 bits per heavy atom. The van der Waals surface area contributed by atoms with E-state index in [1.165, 1.54) is 0 Å². The Bertz CT molecular complexity index is 612. The number of aryl methyl sites for hydroxylation is 2. The molecule has 0 fully saturated rings. The lowest BCUT2D eigenvalue weighted by Crippen LogP contribution is -2.17. The third kappa shape index (κ3) is 4.28. The molecule has 0 spiro atoms. The summed E-state index contributed by atoms with van der Waals surface area (Å²) in [6.45, 7) is 4.67. The van der Waals surface area contributed by atoms with Crippen LogP contribution in [0.5, 0.6) is 5.75 Å². The largest absolute Gasteiger partial charge is 0.482 e. The van der Waals surface area contributed by atoms with E-state index in [4.69, 9.17) is 9.47 Å². The molecule has 1 aromatic heterocycles. The van der Waals surface area contributed by atoms with Crippen molar-refractivity contribution in [2.24, 2.45) is 0 Å². The number of tetrazole rings is 1. The number of hydrogen-bond donors (Lipinski definition) is 0. The highest BCUT2D eigenvalue weighted by molar-refractivity contribution is 5.71. The van der Waals surface area contributed by atoms with Crippen LogP contribution in [0.4, 0.5) is 0 Å². The van der Waals surface area contributed by atoms with Gasteiger partial charge in [-0.25, -0.2) is 9.48 Å². The number of rotatable bonds is 8. The molecule has 2 rings (SSSR count). The van der Waals surface area contributed by atoms with Gasteiger partial charge in [0.15, 0.2) is 19.0 Å². The fraction of sp³-hybridized carbons (Fsp3) is 0.467. The Balaban J connectivity index is 1.82. The third-order valence-corrected chi connectivity index (χ3v) is 3.10. The van der Waals surface area contributed by atoms with Crippen molar-refractivity contribution in [2.45, 2.75) is 39.8 Å². The fourth-order valence-corrected chi connectivity index (χ4v) is 1.97. The molecule has 7 nitrogen and oxygen atoms in total. The molecule has 0 saturated carbocycles. The zero-order valence-electron chi connectivity index (χ0n) is 12.9. The number of carbonyl (C=O) groups excluding carboxylic acids is 1. The highest BCUT2D eigenvalue weighted by Gasteiger charge is 2.10. The predicted molar refractivity (Wildman–Crippen MR) is 79.2 cm³/mol. The van der Waals surface area contributed by atoms with Crippen LogP contribution in [-0.2, 0) is 29.1 Å². The molecular formula is C15H20N4O3. The van der Waals surface area contributed by atoms with Crippen molar-refractivity contribution in [1.29, 1.82) is 0 Å². The molecular weight excluding hydrogens is 284 g/mol. The minimum absolute atomic E-state index is 0.0462. The quantitative estimate of drug-likeness (QED) is 0.692. The molecule has 0 aliphatic rings. The molecule has 1 aromatic carbocycles. The van der Waals surface area contributed by atoms with E-state index in [1.807, 2.05) is 38.1 Å². The van der Waals surface area contributed by atoms with Crippen LogP contribution in [0.25, 0.3) is 0 Å². The van der Waals surface area contributed by atoms with Crippen LogP contribution in [0.3, 0.4) is 0 Å². The van der Waals surface area contributed by atoms with Crippen LogP contribution in [0.2, 0.25) is 0 Å². The summed E-state index contributed by atoms with van der Waals surface area (Å²) in [7, 11) is 0. The number of carbonyl (C=O) groups is 1. The highest BCUT2D eigenvalue weighted by atomic mass is 16.6. The Morgan fingerprint density at radius 3 is 2.86 bits per heavy atom. The van der Waals surface area contributed by atoms with Crippen LogP contribution in [0, 0.1) is 0 Å². The van der Waals surface area contributed by atoms with Gasteiger partial charge < -0.3 is 9.47 Å². The van der Waals surface area contributed by atoms with E-state index in [1.54, 1.807) is 4.68 Å². The molecule has 2 aromatic rings. The topological polar surface area (TPSA) is 79.1 Å². The number of ether oxygens (including phenoxy) is 2. The molecule has 0 saturated heterocycles. The molecule has 0 N–H and O–H groups in total. The Labute approximate surface area is 129 Å². The monoisotopic (exact) mass is 304 g/mol. The molecule has 0 bridgehead atoms. The van der Waals surface area contributed by atoms with Crippen LogP contribution >= 0.6 is 0 Å². The van der Waals surface area contributed by atoms with E-state index in [0.29, 0.717) is 18.1 Å². The van der Waals surface area contributed by atoms with Crippen molar-refractivity contribution in [1.82, 2.24) is 20.2 Å². The average Bonchev–Trinajstić information content (AvgIpc) is 2.99. The number of para-hydroxylation sites is 1. The Kier molecular flexibility index (Phi) is 5.88. The standard InChI is InChI=1S/C15H20N4O3/c1-3-9-19-14(16-17-18-19)10-22-15(20)11-21-13-8-6-5-7-12(13)4-2/h5-8H,3-4,9-11H2,1-2H3. The van der Waals surface area contributed by atoms with Crippen LogP contribution in [0.1, 0.15) is 31.7 Å². The van der Waals surface area contributed by atoms with Crippen molar-refractivity contribution >= 4 is 5.97 Å². The van der Waals surface area contributed by atoms with Gasteiger partial charge in [-0.1, -0.05) is 32.0 Å². The summed E-state index contributed by atoms with van der Waals surface area (Å²) in [5.41, 5.74) is 1.06. The smallest absolute Gasteiger partial charge is 0.344 e. The number of nitrogens with zero attached hydrogens (tertiary/aromatic N) is 4. The zero-order chi connectivity index (χ0) is 15.8. The van der Waals surface area contributed by atoms with Crippen molar-refractivity contribution in [3.63, 3.8) is 0 Å². The summed E-state index contributed by atoms with van der Waals surface area (Å²) in [5, 5.41) is 11.2. The molecule has 1 heterocycles. The van der Waals surface area contributed by atoms with E-state index in [0.717, 1.165) is 18.4 Å². The van der Waals surface area contributed by atoms with E-state index in [9.17, 15) is 4.79 Å². The van der Waals surface area contributed by atoms with Gasteiger partial charge in [0, 0.05) is 6.54 Å². The van der Waals surface area contributed by atoms with Gasteiger partial charge in [-0.15, -0.1) is 5.10 Å². The first-order valence-electron chi connectivity index (χ1n) is 7.36. The van der Waals surface area contributed by atoms with Crippen LogP contribution in [0.15, 0.2) is 24.3 Å². The van der Waals surface area contributed by atoms with Crippen molar-refractivity contribution < 1.29 is 14.3 Å². The number of esters is 1. The summed E-state index contributed by atoms with van der Waals surface area (Å²) in [6, 6.07) is 7.63. The lowest BCUT2D eigenvalue weighted by molar-refractivity contribution is -0.147. The van der Waals surface area contributed by atoms with E-state index < -0.39 is 5.97 Å². The van der Waals surface area contributed by atoms with Gasteiger partial charge in [-0.2, -0.15) is 0 Å². The number of hydrogen-bond acceptors (Lipinski definition) is 6. The molecule has 118 valence electrons. The van der Waals surface area contributed by atoms with E-state index in [2.05, 4.69) is 15.5 Å². The van der Waals surface area contributed by atoms with Gasteiger partial charge in [0.05, 0.1) is 0 Å². The first-order valence-corrected chi connectivity index (χ1v) is 7.36. The second kappa shape index (κ2) is 8.11. The second-order valence-electron chi connectivity index (χ2n) is 4.73. The molecule has 22 heavy (non-hydrogen) atoms. The molecule has 0 amide bonds. The maximum Gasteiger partial charge on any atom is 0.344 e. The minimum atomic E-state index is -0.447. The van der Waals surface area contributed by atoms with E-state index in [-0.39, 0.29) is 13.2 Å². The molecule has 7 heteroatoms. The van der Waals surface area contributed by atoms with Gasteiger partial charge in [-0.05, 0) is 34.9 Å². The molecule has 0 atom stereocenters. The van der Waals surface area contributed by atoms with Gasteiger partial charge in [0.25, 0.3) is 0 Å². The maximum atomic E-state index is 11.8. The maximum absolute atomic E-state index is 11.8. The lowest BCUT2D eigenvalue weighted by atomic mass is 10.1. The minimum Gasteiger partial charge on any atom is -0.482 e. The summed E-state index contributed by atoms with van der Waals surface area (Å²) >= 11 is 0. The third-order valence-electron chi connectivity index (χ3n) is 3.10. The van der Waals surface area contributed by atoms with Gasteiger partial charge >= 0.3 is 5.97 Å². The van der Waals surface area contributed by atoms with E-state index >= 15 is 0 Å². The van der Waals surface area contributed by atoms with Crippen LogP contribution < -0.4 is 4.74 Å². The average molecular weight is 304 g/mol. The normalized spacial score (nSPS) is 10.5. The zero-order valence-corrected chi connectivity index (χ0v) is 12.9. The second-order valence-corrected chi connectivity index (χ2v) is 4.73. The predicted octanol–water partition coefficient (Wildman–Crippen LogP) is 1.77. The van der Waals surface area contributed by atoms with Crippen LogP contribution in [-0.4, -0.2) is 32.8 Å². The number of aromatic nitrogens is 4. The Morgan fingerprint density at radius 1 is 1.27 bits per heavy atom. The molecule has 0 aliphatic carbocycles. The lowest BCUT2D eigenvalue weighted by Gasteiger charge is -2.10. The summed E-state index contributed by atoms with van der Waals surface area (Å²) in [6.07, 6.45) is 1.75. The number of benzene rings is 1. The van der Waals surface area contributed by atoms with Gasteiger partial charge in [0.1, 0.15) is 5.75 Å². The van der Waals surface area contributed by atoms with Crippen molar-refractivity contribution in [3.05, 3.63) is 35.7 Å². The highest BCUT2D eigenvalue weighted by Crippen LogP contribution is 2.18. The van der Waals surface area contributed by atoms with Gasteiger partial charge in [-0.3, -0.25) is 0 Å². The molecule has 0 unspecified atom stereocenters. The van der Waals surface area contributed by atoms with Gasteiger partial charge in [0.2, 0.25) is 0 Å². The molecule has 0 aliphatic heterocycles. The summed E-state index contributed by atoms with van der Waals surface area (Å²) < 4.78 is 12.3. The summed E-state index contributed by atoms with van der Waals surface area (Å²) in [5.74, 6) is 0.791. The first kappa shape index (κ1) is 15.9. The van der Waals surface area contributed by atoms with Crippen molar-refractivity contribution in [2.75, 3.05) is 6.61 Å². The molecule has 0 radical (unpaired) electrons. The SMILES string of the molecule is CCCn1nnnc1COC(=O)COc1ccccc1CC. The fourth-order valence-electron chi connectivity index (χ4n) is 1.97. The van der Waals surface area contributed by atoms with Crippen molar-refractivity contribution in [3.8, 4) is 5.75 Å². The Hall–Kier alpha value is -2.44. The summed E-state index contributed by atoms with van der Waals surface area (Å²) in [4.78, 5) is 11.8. The first-order chi connectivity index (χ1) is 10.7.